The third kappa shape index (κ3) is 3.35. The van der Waals surface area contributed by atoms with E-state index in [0.29, 0.717) is 33.6 Å². The van der Waals surface area contributed by atoms with Gasteiger partial charge in [0.1, 0.15) is 0 Å². The Balaban J connectivity index is 1.56. The van der Waals surface area contributed by atoms with Crippen LogP contribution in [0.25, 0.3) is 11.6 Å². The highest BCUT2D eigenvalue weighted by Gasteiger charge is 2.17. The molecule has 4 heterocycles. The van der Waals surface area contributed by atoms with Crippen molar-refractivity contribution in [3.8, 4) is 11.6 Å². The number of hydrogen-bond donors (Lipinski definition) is 1. The summed E-state index contributed by atoms with van der Waals surface area (Å²) >= 11 is 6.24. The Morgan fingerprint density at radius 2 is 1.82 bits per heavy atom. The van der Waals surface area contributed by atoms with Crippen molar-refractivity contribution in [1.82, 2.24) is 34.7 Å². The first-order chi connectivity index (χ1) is 13.5. The maximum atomic E-state index is 12.7. The van der Waals surface area contributed by atoms with E-state index >= 15 is 0 Å². The van der Waals surface area contributed by atoms with E-state index in [2.05, 4.69) is 30.6 Å². The van der Waals surface area contributed by atoms with Gasteiger partial charge in [0, 0.05) is 6.20 Å². The van der Waals surface area contributed by atoms with Gasteiger partial charge in [0.25, 0.3) is 5.91 Å². The first-order valence-electron chi connectivity index (χ1n) is 8.34. The Labute approximate surface area is 165 Å². The molecule has 4 aromatic rings. The Morgan fingerprint density at radius 3 is 2.50 bits per heavy atom. The zero-order valence-electron chi connectivity index (χ0n) is 15.0. The molecular weight excluding hydrogens is 380 g/mol. The van der Waals surface area contributed by atoms with Gasteiger partial charge in [-0.1, -0.05) is 17.7 Å². The van der Waals surface area contributed by atoms with Crippen LogP contribution in [0.2, 0.25) is 5.02 Å². The number of nitrogens with one attached hydrogen (secondary N) is 1. The third-order valence-electron chi connectivity index (χ3n) is 4.06. The number of rotatable bonds is 4. The number of nitrogens with zero attached hydrogens (tertiary/aromatic N) is 7. The van der Waals surface area contributed by atoms with Gasteiger partial charge in [-0.2, -0.15) is 15.3 Å². The molecule has 0 unspecified atom stereocenters. The van der Waals surface area contributed by atoms with Crippen LogP contribution >= 0.6 is 11.6 Å². The number of carbonyl (C=O) groups excluding carboxylic acids is 1. The molecule has 0 atom stereocenters. The van der Waals surface area contributed by atoms with Crippen molar-refractivity contribution >= 4 is 23.2 Å². The molecule has 4 rings (SSSR count). The second-order valence-electron chi connectivity index (χ2n) is 6.05. The Hall–Kier alpha value is -3.59. The van der Waals surface area contributed by atoms with Crippen LogP contribution in [0.3, 0.4) is 0 Å². The number of halogens is 1. The maximum Gasteiger partial charge on any atom is 0.259 e. The number of hydrogen-bond acceptors (Lipinski definition) is 6. The quantitative estimate of drug-likeness (QED) is 0.570. The van der Waals surface area contributed by atoms with E-state index in [-0.39, 0.29) is 5.91 Å². The summed E-state index contributed by atoms with van der Waals surface area (Å²) in [4.78, 5) is 22.5. The predicted molar refractivity (Wildman–Crippen MR) is 103 cm³/mol. The van der Waals surface area contributed by atoms with Crippen LogP contribution in [0.4, 0.5) is 5.69 Å². The summed E-state index contributed by atoms with van der Waals surface area (Å²) in [6.45, 7) is 3.76. The van der Waals surface area contributed by atoms with Crippen molar-refractivity contribution < 1.29 is 4.79 Å². The van der Waals surface area contributed by atoms with E-state index in [0.717, 1.165) is 5.56 Å². The topological polar surface area (TPSA) is 103 Å². The van der Waals surface area contributed by atoms with Gasteiger partial charge in [0.05, 0.1) is 46.8 Å². The standard InChI is InChI=1S/C18H15ClN8O/c1-11-3-4-16(20-8-11)26-12(2)14(10-24-26)18(28)25-13-7-15(19)17(21-9-13)27-22-5-6-23-27/h3-10H,1-2H3,(H,25,28). The average Bonchev–Trinajstić information content (AvgIpc) is 3.33. The minimum Gasteiger partial charge on any atom is -0.320 e. The maximum absolute atomic E-state index is 12.7. The van der Waals surface area contributed by atoms with Gasteiger partial charge in [-0.3, -0.25) is 4.79 Å². The first kappa shape index (κ1) is 17.8. The van der Waals surface area contributed by atoms with Gasteiger partial charge >= 0.3 is 0 Å². The molecule has 0 aliphatic rings. The summed E-state index contributed by atoms with van der Waals surface area (Å²) in [5.41, 5.74) is 2.60. The fraction of sp³-hybridized carbons (Fsp3) is 0.111. The lowest BCUT2D eigenvalue weighted by molar-refractivity contribution is 0.102. The lowest BCUT2D eigenvalue weighted by Gasteiger charge is -2.08. The first-order valence-corrected chi connectivity index (χ1v) is 8.72. The van der Waals surface area contributed by atoms with E-state index in [1.807, 2.05) is 19.1 Å². The molecule has 0 spiro atoms. The molecule has 9 nitrogen and oxygen atoms in total. The molecule has 0 aliphatic heterocycles. The molecular formula is C18H15ClN8O. The van der Waals surface area contributed by atoms with E-state index in [4.69, 9.17) is 11.6 Å². The number of amides is 1. The number of carbonyl (C=O) groups is 1. The van der Waals surface area contributed by atoms with Crippen molar-refractivity contribution in [2.24, 2.45) is 0 Å². The highest BCUT2D eigenvalue weighted by atomic mass is 35.5. The third-order valence-corrected chi connectivity index (χ3v) is 4.33. The number of aryl methyl sites for hydroxylation is 1. The van der Waals surface area contributed by atoms with E-state index < -0.39 is 0 Å². The summed E-state index contributed by atoms with van der Waals surface area (Å²) in [6, 6.07) is 5.38. The van der Waals surface area contributed by atoms with E-state index in [1.54, 1.807) is 23.9 Å². The van der Waals surface area contributed by atoms with Crippen molar-refractivity contribution in [3.05, 3.63) is 71.0 Å². The molecule has 140 valence electrons. The van der Waals surface area contributed by atoms with Crippen molar-refractivity contribution in [2.45, 2.75) is 13.8 Å². The number of anilines is 1. The average molecular weight is 395 g/mol. The van der Waals surface area contributed by atoms with Crippen LogP contribution in [0, 0.1) is 13.8 Å². The van der Waals surface area contributed by atoms with Crippen molar-refractivity contribution in [2.75, 3.05) is 5.32 Å². The fourth-order valence-electron chi connectivity index (χ4n) is 2.62. The second kappa shape index (κ2) is 7.20. The molecule has 1 N–H and O–H groups in total. The second-order valence-corrected chi connectivity index (χ2v) is 6.46. The van der Waals surface area contributed by atoms with Crippen LogP contribution in [0.5, 0.6) is 0 Å². The Morgan fingerprint density at radius 1 is 1.04 bits per heavy atom. The summed E-state index contributed by atoms with van der Waals surface area (Å²) < 4.78 is 1.62. The smallest absolute Gasteiger partial charge is 0.259 e. The van der Waals surface area contributed by atoms with Crippen LogP contribution in [0.15, 0.2) is 49.2 Å². The van der Waals surface area contributed by atoms with Crippen LogP contribution in [-0.2, 0) is 0 Å². The number of aromatic nitrogens is 7. The van der Waals surface area contributed by atoms with Gasteiger partial charge in [0.2, 0.25) is 0 Å². The zero-order chi connectivity index (χ0) is 19.7. The lowest BCUT2D eigenvalue weighted by atomic mass is 10.2. The predicted octanol–water partition coefficient (Wildman–Crippen LogP) is 2.77. The normalized spacial score (nSPS) is 10.8. The van der Waals surface area contributed by atoms with Crippen LogP contribution < -0.4 is 5.32 Å². The summed E-state index contributed by atoms with van der Waals surface area (Å²) in [5, 5.41) is 15.3. The van der Waals surface area contributed by atoms with Gasteiger partial charge in [-0.05, 0) is 31.5 Å². The molecule has 1 amide bonds. The van der Waals surface area contributed by atoms with E-state index in [9.17, 15) is 4.79 Å². The number of pyridine rings is 2. The highest BCUT2D eigenvalue weighted by molar-refractivity contribution is 6.32. The largest absolute Gasteiger partial charge is 0.320 e. The molecule has 0 bridgehead atoms. The summed E-state index contributed by atoms with van der Waals surface area (Å²) in [5.74, 6) is 0.695. The molecule has 0 radical (unpaired) electrons. The summed E-state index contributed by atoms with van der Waals surface area (Å²) in [6.07, 6.45) is 7.79. The molecule has 0 aromatic carbocycles. The molecule has 0 saturated heterocycles. The van der Waals surface area contributed by atoms with Crippen molar-refractivity contribution in [3.63, 3.8) is 0 Å². The molecule has 0 aliphatic carbocycles. The highest BCUT2D eigenvalue weighted by Crippen LogP contribution is 2.22. The lowest BCUT2D eigenvalue weighted by Crippen LogP contribution is -2.14. The van der Waals surface area contributed by atoms with Crippen LogP contribution in [-0.4, -0.2) is 40.6 Å². The minimum atomic E-state index is -0.321. The van der Waals surface area contributed by atoms with E-state index in [1.165, 1.54) is 29.6 Å². The molecule has 4 aromatic heterocycles. The Bertz CT molecular complexity index is 1140. The molecule has 28 heavy (non-hydrogen) atoms. The fourth-order valence-corrected chi connectivity index (χ4v) is 2.86. The monoisotopic (exact) mass is 394 g/mol. The van der Waals surface area contributed by atoms with Crippen molar-refractivity contribution in [1.29, 1.82) is 0 Å². The molecule has 0 saturated carbocycles. The summed E-state index contributed by atoms with van der Waals surface area (Å²) in [7, 11) is 0. The zero-order valence-corrected chi connectivity index (χ0v) is 15.8. The Kier molecular flexibility index (Phi) is 4.58. The SMILES string of the molecule is Cc1ccc(-n2ncc(C(=O)Nc3cnc(-n4nccn4)c(Cl)c3)c2C)nc1. The van der Waals surface area contributed by atoms with Gasteiger partial charge in [0.15, 0.2) is 11.6 Å². The molecule has 10 heteroatoms. The van der Waals surface area contributed by atoms with Crippen LogP contribution in [0.1, 0.15) is 21.6 Å². The van der Waals surface area contributed by atoms with Gasteiger partial charge in [-0.25, -0.2) is 14.6 Å². The molecule has 0 fully saturated rings. The van der Waals surface area contributed by atoms with Gasteiger partial charge in [-0.15, -0.1) is 4.80 Å². The minimum absolute atomic E-state index is 0.310. The van der Waals surface area contributed by atoms with Gasteiger partial charge < -0.3 is 5.32 Å².